The van der Waals surface area contributed by atoms with Gasteiger partial charge in [0.2, 0.25) is 0 Å². The summed E-state index contributed by atoms with van der Waals surface area (Å²) in [4.78, 5) is 0. The van der Waals surface area contributed by atoms with Crippen molar-refractivity contribution in [2.45, 2.75) is 19.0 Å². The van der Waals surface area contributed by atoms with Gasteiger partial charge in [0.15, 0.2) is 0 Å². The lowest BCUT2D eigenvalue weighted by Gasteiger charge is -2.06. The van der Waals surface area contributed by atoms with Crippen molar-refractivity contribution in [1.82, 2.24) is 15.5 Å². The second kappa shape index (κ2) is 4.45. The Morgan fingerprint density at radius 3 is 2.79 bits per heavy atom. The van der Waals surface area contributed by atoms with Crippen LogP contribution < -0.4 is 5.32 Å². The second-order valence-corrected chi connectivity index (χ2v) is 2.98. The lowest BCUT2D eigenvalue weighted by Crippen LogP contribution is -2.11. The molecule has 1 aromatic heterocycles. The number of aromatic amines is 1. The van der Waals surface area contributed by atoms with Crippen molar-refractivity contribution in [2.75, 3.05) is 13.6 Å². The predicted molar refractivity (Wildman–Crippen MR) is 45.8 cm³/mol. The predicted octanol–water partition coefficient (Wildman–Crippen LogP) is 1.58. The van der Waals surface area contributed by atoms with Crippen molar-refractivity contribution in [3.8, 4) is 0 Å². The van der Waals surface area contributed by atoms with Crippen LogP contribution in [0.2, 0.25) is 0 Å². The minimum Gasteiger partial charge on any atom is -0.320 e. The molecule has 14 heavy (non-hydrogen) atoms. The Morgan fingerprint density at radius 2 is 2.21 bits per heavy atom. The molecule has 0 saturated heterocycles. The van der Waals surface area contributed by atoms with E-state index in [9.17, 15) is 13.2 Å². The number of alkyl halides is 3. The van der Waals surface area contributed by atoms with Gasteiger partial charge in [-0.1, -0.05) is 0 Å². The number of rotatable bonds is 4. The van der Waals surface area contributed by atoms with Gasteiger partial charge in [0.05, 0.1) is 6.20 Å². The number of hydrogen-bond donors (Lipinski definition) is 2. The van der Waals surface area contributed by atoms with Gasteiger partial charge in [0.25, 0.3) is 0 Å². The first kappa shape index (κ1) is 11.0. The molecule has 1 rings (SSSR count). The van der Waals surface area contributed by atoms with Crippen LogP contribution >= 0.6 is 0 Å². The van der Waals surface area contributed by atoms with Gasteiger partial charge < -0.3 is 5.32 Å². The maximum Gasteiger partial charge on any atom is 0.433 e. The fraction of sp³-hybridized carbons (Fsp3) is 0.625. The van der Waals surface area contributed by atoms with Crippen LogP contribution in [0.5, 0.6) is 0 Å². The molecule has 0 radical (unpaired) electrons. The van der Waals surface area contributed by atoms with E-state index in [4.69, 9.17) is 0 Å². The monoisotopic (exact) mass is 207 g/mol. The van der Waals surface area contributed by atoms with Gasteiger partial charge in [-0.3, -0.25) is 5.10 Å². The van der Waals surface area contributed by atoms with Crippen LogP contribution in [0.25, 0.3) is 0 Å². The van der Waals surface area contributed by atoms with Crippen molar-refractivity contribution in [3.63, 3.8) is 0 Å². The quantitative estimate of drug-likeness (QED) is 0.736. The van der Waals surface area contributed by atoms with E-state index in [1.54, 1.807) is 7.05 Å². The summed E-state index contributed by atoms with van der Waals surface area (Å²) in [6, 6.07) is 0. The molecule has 0 aliphatic carbocycles. The summed E-state index contributed by atoms with van der Waals surface area (Å²) in [5.41, 5.74) is -0.499. The molecule has 1 heterocycles. The zero-order chi connectivity index (χ0) is 10.6. The molecule has 80 valence electrons. The minimum absolute atomic E-state index is 0.229. The van der Waals surface area contributed by atoms with Crippen LogP contribution in [0.15, 0.2) is 6.20 Å². The minimum atomic E-state index is -4.33. The number of H-pyrrole nitrogens is 1. The molecular formula is C8H12F3N3. The third-order valence-corrected chi connectivity index (χ3v) is 1.87. The highest BCUT2D eigenvalue weighted by Crippen LogP contribution is 2.30. The van der Waals surface area contributed by atoms with Crippen LogP contribution in [0.3, 0.4) is 0 Å². The Bertz CT molecular complexity index is 280. The summed E-state index contributed by atoms with van der Waals surface area (Å²) < 4.78 is 36.9. The van der Waals surface area contributed by atoms with Crippen LogP contribution in [0.1, 0.15) is 17.7 Å². The highest BCUT2D eigenvalue weighted by Gasteiger charge is 2.35. The van der Waals surface area contributed by atoms with Gasteiger partial charge in [-0.25, -0.2) is 0 Å². The second-order valence-electron chi connectivity index (χ2n) is 2.98. The molecule has 2 N–H and O–H groups in total. The first-order valence-electron chi connectivity index (χ1n) is 4.29. The Labute approximate surface area is 79.7 Å². The van der Waals surface area contributed by atoms with Gasteiger partial charge in [-0.15, -0.1) is 0 Å². The highest BCUT2D eigenvalue weighted by molar-refractivity contribution is 5.19. The smallest absolute Gasteiger partial charge is 0.320 e. The largest absolute Gasteiger partial charge is 0.433 e. The van der Waals surface area contributed by atoms with Crippen molar-refractivity contribution in [3.05, 3.63) is 17.5 Å². The molecule has 0 spiro atoms. The summed E-state index contributed by atoms with van der Waals surface area (Å²) in [6.45, 7) is 0.697. The summed E-state index contributed by atoms with van der Waals surface area (Å²) in [5, 5.41) is 8.26. The van der Waals surface area contributed by atoms with Crippen LogP contribution in [0.4, 0.5) is 13.2 Å². The Balaban J connectivity index is 2.63. The van der Waals surface area contributed by atoms with Crippen molar-refractivity contribution >= 4 is 0 Å². The molecule has 0 atom stereocenters. The average molecular weight is 207 g/mol. The van der Waals surface area contributed by atoms with Gasteiger partial charge in [-0.2, -0.15) is 18.3 Å². The first-order chi connectivity index (χ1) is 6.55. The molecule has 0 unspecified atom stereocenters. The molecule has 1 aromatic rings. The topological polar surface area (TPSA) is 40.7 Å². The van der Waals surface area contributed by atoms with Crippen molar-refractivity contribution in [1.29, 1.82) is 0 Å². The van der Waals surface area contributed by atoms with Gasteiger partial charge >= 0.3 is 6.18 Å². The van der Waals surface area contributed by atoms with E-state index in [1.165, 1.54) is 6.20 Å². The third kappa shape index (κ3) is 2.73. The lowest BCUT2D eigenvalue weighted by atomic mass is 10.1. The molecular weight excluding hydrogens is 195 g/mol. The number of nitrogens with one attached hydrogen (secondary N) is 2. The molecule has 0 saturated carbocycles. The molecule has 0 fully saturated rings. The molecule has 0 aliphatic heterocycles. The van der Waals surface area contributed by atoms with Crippen molar-refractivity contribution in [2.24, 2.45) is 0 Å². The molecule has 0 amide bonds. The number of aromatic nitrogens is 2. The normalized spacial score (nSPS) is 12.0. The van der Waals surface area contributed by atoms with Gasteiger partial charge in [0.1, 0.15) is 5.69 Å². The van der Waals surface area contributed by atoms with Gasteiger partial charge in [0, 0.05) is 5.56 Å². The van der Waals surface area contributed by atoms with E-state index in [2.05, 4.69) is 10.4 Å². The fourth-order valence-electron chi connectivity index (χ4n) is 1.20. The Morgan fingerprint density at radius 1 is 1.50 bits per heavy atom. The third-order valence-electron chi connectivity index (χ3n) is 1.87. The highest BCUT2D eigenvalue weighted by atomic mass is 19.4. The van der Waals surface area contributed by atoms with Crippen LogP contribution in [-0.4, -0.2) is 23.8 Å². The maximum atomic E-state index is 12.3. The first-order valence-corrected chi connectivity index (χ1v) is 4.29. The number of aryl methyl sites for hydroxylation is 1. The van der Waals surface area contributed by atoms with E-state index in [0.717, 1.165) is 0 Å². The number of halogens is 3. The molecule has 0 bridgehead atoms. The van der Waals surface area contributed by atoms with E-state index in [1.807, 2.05) is 5.10 Å². The van der Waals surface area contributed by atoms with Crippen molar-refractivity contribution < 1.29 is 13.2 Å². The Kier molecular flexibility index (Phi) is 3.51. The van der Waals surface area contributed by atoms with E-state index in [0.29, 0.717) is 19.4 Å². The van der Waals surface area contributed by atoms with E-state index >= 15 is 0 Å². The lowest BCUT2D eigenvalue weighted by molar-refractivity contribution is -0.141. The summed E-state index contributed by atoms with van der Waals surface area (Å²) in [5.74, 6) is 0. The zero-order valence-electron chi connectivity index (χ0n) is 7.78. The van der Waals surface area contributed by atoms with Crippen LogP contribution in [0, 0.1) is 0 Å². The van der Waals surface area contributed by atoms with E-state index in [-0.39, 0.29) is 5.56 Å². The molecule has 3 nitrogen and oxygen atoms in total. The summed E-state index contributed by atoms with van der Waals surface area (Å²) in [6.07, 6.45) is -2.05. The number of nitrogens with zero attached hydrogens (tertiary/aromatic N) is 1. The Hall–Kier alpha value is -1.04. The maximum absolute atomic E-state index is 12.3. The average Bonchev–Trinajstić information content (AvgIpc) is 2.52. The summed E-state index contributed by atoms with van der Waals surface area (Å²) in [7, 11) is 1.76. The number of hydrogen-bond acceptors (Lipinski definition) is 2. The molecule has 0 aliphatic rings. The standard InChI is InChI=1S/C8H12F3N3/c1-12-4-2-3-6-5-13-14-7(6)8(9,10)11/h5,12H,2-4H2,1H3,(H,13,14). The molecule has 6 heteroatoms. The molecule has 0 aromatic carbocycles. The SMILES string of the molecule is CNCCCc1cn[nH]c1C(F)(F)F. The van der Waals surface area contributed by atoms with E-state index < -0.39 is 11.9 Å². The van der Waals surface area contributed by atoms with Crippen LogP contribution in [-0.2, 0) is 12.6 Å². The fourth-order valence-corrected chi connectivity index (χ4v) is 1.20. The van der Waals surface area contributed by atoms with Gasteiger partial charge in [-0.05, 0) is 26.4 Å². The summed E-state index contributed by atoms with van der Waals surface area (Å²) >= 11 is 0. The zero-order valence-corrected chi connectivity index (χ0v) is 7.78.